The SMILES string of the molecule is CN(C)c1cccc(C(=O)OCC(=O)N2CC=C(c3ccccc3)CC2)c1. The number of carbonyl (C=O) groups excluding carboxylic acids is 2. The van der Waals surface area contributed by atoms with E-state index in [1.54, 1.807) is 23.1 Å². The number of hydrogen-bond acceptors (Lipinski definition) is 4. The highest BCUT2D eigenvalue weighted by Crippen LogP contribution is 2.22. The fraction of sp³-hybridized carbons (Fsp3) is 0.273. The van der Waals surface area contributed by atoms with Crippen molar-refractivity contribution in [3.05, 3.63) is 71.8 Å². The Balaban J connectivity index is 1.53. The van der Waals surface area contributed by atoms with E-state index in [0.717, 1.165) is 12.1 Å². The number of rotatable bonds is 5. The zero-order valence-electron chi connectivity index (χ0n) is 15.7. The van der Waals surface area contributed by atoms with Gasteiger partial charge in [0.2, 0.25) is 0 Å². The molecule has 1 amide bonds. The molecule has 2 aromatic rings. The van der Waals surface area contributed by atoms with Gasteiger partial charge in [0, 0.05) is 32.9 Å². The Morgan fingerprint density at radius 2 is 1.85 bits per heavy atom. The molecule has 3 rings (SSSR count). The third-order valence-electron chi connectivity index (χ3n) is 4.63. The van der Waals surface area contributed by atoms with Crippen LogP contribution in [0.3, 0.4) is 0 Å². The summed E-state index contributed by atoms with van der Waals surface area (Å²) < 4.78 is 5.22. The Labute approximate surface area is 159 Å². The first-order chi connectivity index (χ1) is 13.0. The predicted octanol–water partition coefficient (Wildman–Crippen LogP) is 3.23. The van der Waals surface area contributed by atoms with Crippen molar-refractivity contribution < 1.29 is 14.3 Å². The smallest absolute Gasteiger partial charge is 0.338 e. The van der Waals surface area contributed by atoms with Crippen molar-refractivity contribution in [1.82, 2.24) is 4.90 Å². The first-order valence-electron chi connectivity index (χ1n) is 9.01. The molecule has 1 aliphatic rings. The zero-order valence-corrected chi connectivity index (χ0v) is 15.7. The summed E-state index contributed by atoms with van der Waals surface area (Å²) in [5.74, 6) is -0.653. The summed E-state index contributed by atoms with van der Waals surface area (Å²) >= 11 is 0. The topological polar surface area (TPSA) is 49.9 Å². The Bertz CT molecular complexity index is 844. The lowest BCUT2D eigenvalue weighted by molar-refractivity contribution is -0.134. The molecule has 140 valence electrons. The van der Waals surface area contributed by atoms with Crippen molar-refractivity contribution >= 4 is 23.1 Å². The fourth-order valence-corrected chi connectivity index (χ4v) is 3.02. The van der Waals surface area contributed by atoms with Gasteiger partial charge in [0.15, 0.2) is 6.61 Å². The van der Waals surface area contributed by atoms with Gasteiger partial charge in [-0.25, -0.2) is 4.79 Å². The van der Waals surface area contributed by atoms with E-state index >= 15 is 0 Å². The van der Waals surface area contributed by atoms with Crippen molar-refractivity contribution in [2.45, 2.75) is 6.42 Å². The average Bonchev–Trinajstić information content (AvgIpc) is 2.72. The number of anilines is 1. The van der Waals surface area contributed by atoms with Crippen molar-refractivity contribution in [3.8, 4) is 0 Å². The predicted molar refractivity (Wildman–Crippen MR) is 107 cm³/mol. The van der Waals surface area contributed by atoms with Crippen LogP contribution >= 0.6 is 0 Å². The Hall–Kier alpha value is -3.08. The molecular formula is C22H24N2O3. The minimum Gasteiger partial charge on any atom is -0.452 e. The van der Waals surface area contributed by atoms with Gasteiger partial charge in [-0.15, -0.1) is 0 Å². The van der Waals surface area contributed by atoms with Crippen LogP contribution in [0.15, 0.2) is 60.7 Å². The van der Waals surface area contributed by atoms with Crippen LogP contribution in [-0.2, 0) is 9.53 Å². The number of hydrogen-bond donors (Lipinski definition) is 0. The average molecular weight is 364 g/mol. The third-order valence-corrected chi connectivity index (χ3v) is 4.63. The second-order valence-electron chi connectivity index (χ2n) is 6.71. The monoisotopic (exact) mass is 364 g/mol. The summed E-state index contributed by atoms with van der Waals surface area (Å²) in [6.45, 7) is 0.934. The van der Waals surface area contributed by atoms with E-state index in [0.29, 0.717) is 18.7 Å². The quantitative estimate of drug-likeness (QED) is 0.765. The normalized spacial score (nSPS) is 13.7. The summed E-state index contributed by atoms with van der Waals surface area (Å²) in [5, 5.41) is 0. The third kappa shape index (κ3) is 4.76. The highest BCUT2D eigenvalue weighted by Gasteiger charge is 2.19. The molecule has 0 radical (unpaired) electrons. The lowest BCUT2D eigenvalue weighted by atomic mass is 10.00. The molecule has 27 heavy (non-hydrogen) atoms. The number of nitrogens with zero attached hydrogens (tertiary/aromatic N) is 2. The molecule has 2 aromatic carbocycles. The first-order valence-corrected chi connectivity index (χ1v) is 9.01. The summed E-state index contributed by atoms with van der Waals surface area (Å²) in [7, 11) is 3.81. The first kappa shape index (κ1) is 18.7. The minimum absolute atomic E-state index is 0.171. The molecule has 0 saturated heterocycles. The Morgan fingerprint density at radius 3 is 2.52 bits per heavy atom. The second-order valence-corrected chi connectivity index (χ2v) is 6.71. The van der Waals surface area contributed by atoms with Gasteiger partial charge < -0.3 is 14.5 Å². The van der Waals surface area contributed by atoms with Crippen molar-refractivity contribution in [1.29, 1.82) is 0 Å². The molecule has 0 unspecified atom stereocenters. The van der Waals surface area contributed by atoms with Crippen LogP contribution in [0.4, 0.5) is 5.69 Å². The molecule has 5 nitrogen and oxygen atoms in total. The van der Waals surface area contributed by atoms with Crippen LogP contribution in [-0.4, -0.2) is 50.6 Å². The van der Waals surface area contributed by atoms with Crippen molar-refractivity contribution in [2.75, 3.05) is 38.7 Å². The van der Waals surface area contributed by atoms with E-state index in [2.05, 4.69) is 18.2 Å². The summed E-state index contributed by atoms with van der Waals surface area (Å²) in [6, 6.07) is 17.3. The number of ether oxygens (including phenoxy) is 1. The number of benzene rings is 2. The van der Waals surface area contributed by atoms with Crippen LogP contribution in [0.5, 0.6) is 0 Å². The molecule has 0 aromatic heterocycles. The molecule has 1 aliphatic heterocycles. The van der Waals surface area contributed by atoms with Gasteiger partial charge in [0.05, 0.1) is 5.56 Å². The fourth-order valence-electron chi connectivity index (χ4n) is 3.02. The van der Waals surface area contributed by atoms with Crippen LogP contribution < -0.4 is 4.90 Å². The molecule has 0 fully saturated rings. The van der Waals surface area contributed by atoms with Gasteiger partial charge in [0.1, 0.15) is 0 Å². The van der Waals surface area contributed by atoms with Gasteiger partial charge in [-0.1, -0.05) is 42.5 Å². The molecule has 0 N–H and O–H groups in total. The molecule has 0 bridgehead atoms. The number of amides is 1. The van der Waals surface area contributed by atoms with E-state index < -0.39 is 5.97 Å². The van der Waals surface area contributed by atoms with Crippen LogP contribution in [0.25, 0.3) is 5.57 Å². The Morgan fingerprint density at radius 1 is 1.07 bits per heavy atom. The van der Waals surface area contributed by atoms with Crippen molar-refractivity contribution in [3.63, 3.8) is 0 Å². The van der Waals surface area contributed by atoms with E-state index in [9.17, 15) is 9.59 Å². The standard InChI is InChI=1S/C22H24N2O3/c1-23(2)20-10-6-9-19(15-20)22(26)27-16-21(25)24-13-11-18(12-14-24)17-7-4-3-5-8-17/h3-11,15H,12-14,16H2,1-2H3. The van der Waals surface area contributed by atoms with Crippen LogP contribution in [0.2, 0.25) is 0 Å². The maximum absolute atomic E-state index is 12.4. The molecule has 1 heterocycles. The van der Waals surface area contributed by atoms with Gasteiger partial charge in [-0.05, 0) is 35.8 Å². The van der Waals surface area contributed by atoms with E-state index in [1.807, 2.05) is 43.3 Å². The highest BCUT2D eigenvalue weighted by molar-refractivity contribution is 5.92. The largest absolute Gasteiger partial charge is 0.452 e. The van der Waals surface area contributed by atoms with Gasteiger partial charge in [-0.2, -0.15) is 0 Å². The van der Waals surface area contributed by atoms with Gasteiger partial charge in [-0.3, -0.25) is 4.79 Å². The lowest BCUT2D eigenvalue weighted by Gasteiger charge is -2.26. The highest BCUT2D eigenvalue weighted by atomic mass is 16.5. The van der Waals surface area contributed by atoms with Gasteiger partial charge in [0.25, 0.3) is 5.91 Å². The summed E-state index contributed by atoms with van der Waals surface area (Å²) in [6.07, 6.45) is 2.87. The number of carbonyl (C=O) groups is 2. The van der Waals surface area contributed by atoms with E-state index in [-0.39, 0.29) is 12.5 Å². The van der Waals surface area contributed by atoms with Crippen LogP contribution in [0.1, 0.15) is 22.3 Å². The molecule has 0 aliphatic carbocycles. The molecule has 0 spiro atoms. The molecule has 0 saturated carbocycles. The van der Waals surface area contributed by atoms with E-state index in [1.165, 1.54) is 11.1 Å². The zero-order chi connectivity index (χ0) is 19.2. The Kier molecular flexibility index (Phi) is 5.91. The summed E-state index contributed by atoms with van der Waals surface area (Å²) in [5.41, 5.74) is 3.79. The van der Waals surface area contributed by atoms with Gasteiger partial charge >= 0.3 is 5.97 Å². The van der Waals surface area contributed by atoms with Crippen molar-refractivity contribution in [2.24, 2.45) is 0 Å². The molecule has 0 atom stereocenters. The molecular weight excluding hydrogens is 340 g/mol. The lowest BCUT2D eigenvalue weighted by Crippen LogP contribution is -2.37. The minimum atomic E-state index is -0.482. The summed E-state index contributed by atoms with van der Waals surface area (Å²) in [4.78, 5) is 28.2. The van der Waals surface area contributed by atoms with Crippen LogP contribution in [0, 0.1) is 0 Å². The molecule has 5 heteroatoms. The second kappa shape index (κ2) is 8.54. The number of esters is 1. The van der Waals surface area contributed by atoms with E-state index in [4.69, 9.17) is 4.74 Å². The maximum Gasteiger partial charge on any atom is 0.338 e. The maximum atomic E-state index is 12.4.